The minimum absolute atomic E-state index is 0.0773. The van der Waals surface area contributed by atoms with Gasteiger partial charge in [-0.15, -0.1) is 0 Å². The Bertz CT molecular complexity index is 782. The highest BCUT2D eigenvalue weighted by Crippen LogP contribution is 2.22. The number of primary amides is 1. The molecule has 2 aromatic rings. The van der Waals surface area contributed by atoms with Crippen molar-refractivity contribution >= 4 is 21.6 Å². The summed E-state index contributed by atoms with van der Waals surface area (Å²) in [6.07, 6.45) is 1.03. The summed E-state index contributed by atoms with van der Waals surface area (Å²) in [5, 5.41) is 0. The summed E-state index contributed by atoms with van der Waals surface area (Å²) in [5.41, 5.74) is 7.07. The summed E-state index contributed by atoms with van der Waals surface area (Å²) in [4.78, 5) is 11.1. The number of benzene rings is 2. The number of nitrogens with one attached hydrogen (secondary N) is 1. The van der Waals surface area contributed by atoms with Crippen molar-refractivity contribution in [1.82, 2.24) is 0 Å². The topological polar surface area (TPSA) is 89.3 Å². The second-order valence-electron chi connectivity index (χ2n) is 5.43. The third kappa shape index (κ3) is 4.10. The zero-order valence-corrected chi connectivity index (χ0v) is 13.9. The van der Waals surface area contributed by atoms with Gasteiger partial charge in [-0.3, -0.25) is 9.52 Å². The number of sulfonamides is 1. The van der Waals surface area contributed by atoms with Gasteiger partial charge in [-0.2, -0.15) is 0 Å². The normalized spacial score (nSPS) is 12.6. The Balaban J connectivity index is 2.19. The summed E-state index contributed by atoms with van der Waals surface area (Å²) in [6.45, 7) is 4.23. The maximum Gasteiger partial charge on any atom is 0.261 e. The average molecular weight is 332 g/mol. The first kappa shape index (κ1) is 17.0. The molecule has 122 valence electrons. The molecule has 5 nitrogen and oxygen atoms in total. The minimum atomic E-state index is -3.70. The number of nitrogens with two attached hydrogens (primary N) is 1. The second-order valence-corrected chi connectivity index (χ2v) is 7.11. The van der Waals surface area contributed by atoms with Crippen LogP contribution in [0, 0.1) is 0 Å². The minimum Gasteiger partial charge on any atom is -0.366 e. The van der Waals surface area contributed by atoms with Gasteiger partial charge < -0.3 is 5.73 Å². The Morgan fingerprint density at radius 3 is 2.13 bits per heavy atom. The van der Waals surface area contributed by atoms with E-state index in [4.69, 9.17) is 5.73 Å². The maximum absolute atomic E-state index is 12.3. The van der Waals surface area contributed by atoms with E-state index >= 15 is 0 Å². The number of carbonyl (C=O) groups is 1. The van der Waals surface area contributed by atoms with Crippen molar-refractivity contribution < 1.29 is 13.2 Å². The Kier molecular flexibility index (Phi) is 5.05. The summed E-state index contributed by atoms with van der Waals surface area (Å²) in [6, 6.07) is 12.8. The molecule has 0 aromatic heterocycles. The van der Waals surface area contributed by atoms with Crippen LogP contribution in [-0.4, -0.2) is 14.3 Å². The molecule has 0 spiro atoms. The first-order valence-corrected chi connectivity index (χ1v) is 8.84. The monoisotopic (exact) mass is 332 g/mol. The van der Waals surface area contributed by atoms with Gasteiger partial charge in [0.25, 0.3) is 10.0 Å². The number of hydrogen-bond acceptors (Lipinski definition) is 3. The van der Waals surface area contributed by atoms with Gasteiger partial charge in [0.1, 0.15) is 0 Å². The van der Waals surface area contributed by atoms with Crippen molar-refractivity contribution in [1.29, 1.82) is 0 Å². The van der Waals surface area contributed by atoms with Crippen LogP contribution in [0.2, 0.25) is 0 Å². The van der Waals surface area contributed by atoms with Gasteiger partial charge in [0.15, 0.2) is 0 Å². The van der Waals surface area contributed by atoms with E-state index in [-0.39, 0.29) is 10.5 Å². The molecule has 1 unspecified atom stereocenters. The number of rotatable bonds is 6. The van der Waals surface area contributed by atoms with Gasteiger partial charge in [0, 0.05) is 11.3 Å². The predicted molar refractivity (Wildman–Crippen MR) is 90.9 cm³/mol. The summed E-state index contributed by atoms with van der Waals surface area (Å²) in [5.74, 6) is -0.162. The molecule has 0 bridgehead atoms. The molecule has 1 atom stereocenters. The fourth-order valence-electron chi connectivity index (χ4n) is 2.13. The Hall–Kier alpha value is -2.34. The highest BCUT2D eigenvalue weighted by molar-refractivity contribution is 7.92. The molecule has 0 aliphatic carbocycles. The average Bonchev–Trinajstić information content (AvgIpc) is 2.54. The van der Waals surface area contributed by atoms with Crippen molar-refractivity contribution in [3.8, 4) is 0 Å². The Labute approximate surface area is 136 Å². The summed E-state index contributed by atoms with van der Waals surface area (Å²) >= 11 is 0. The number of hydrogen-bond donors (Lipinski definition) is 2. The first-order chi connectivity index (χ1) is 10.8. The van der Waals surface area contributed by atoms with E-state index in [2.05, 4.69) is 18.6 Å². The molecular weight excluding hydrogens is 312 g/mol. The lowest BCUT2D eigenvalue weighted by Gasteiger charge is -2.11. The van der Waals surface area contributed by atoms with Crippen LogP contribution in [0.5, 0.6) is 0 Å². The molecule has 0 aliphatic rings. The number of carbonyl (C=O) groups excluding carboxylic acids is 1. The van der Waals surface area contributed by atoms with Gasteiger partial charge in [-0.25, -0.2) is 8.42 Å². The van der Waals surface area contributed by atoms with Crippen LogP contribution in [-0.2, 0) is 10.0 Å². The van der Waals surface area contributed by atoms with Crippen molar-refractivity contribution in [2.45, 2.75) is 31.1 Å². The van der Waals surface area contributed by atoms with Crippen molar-refractivity contribution in [2.24, 2.45) is 5.73 Å². The van der Waals surface area contributed by atoms with Gasteiger partial charge in [-0.1, -0.05) is 26.0 Å². The van der Waals surface area contributed by atoms with Crippen LogP contribution in [0.15, 0.2) is 53.4 Å². The van der Waals surface area contributed by atoms with E-state index in [1.54, 1.807) is 12.1 Å². The van der Waals surface area contributed by atoms with E-state index in [0.717, 1.165) is 6.42 Å². The molecule has 0 fully saturated rings. The Morgan fingerprint density at radius 1 is 1.09 bits per heavy atom. The molecule has 0 aliphatic heterocycles. The summed E-state index contributed by atoms with van der Waals surface area (Å²) < 4.78 is 27.2. The molecular formula is C17H20N2O3S. The zero-order chi connectivity index (χ0) is 17.0. The standard InChI is InChI=1S/C17H20N2O3S/c1-3-12(2)13-4-8-15(9-5-13)19-23(21,22)16-10-6-14(7-11-16)17(18)20/h4-12,19H,3H2,1-2H3,(H2,18,20). The predicted octanol–water partition coefficient (Wildman–Crippen LogP) is 3.10. The lowest BCUT2D eigenvalue weighted by Crippen LogP contribution is -2.14. The molecule has 0 saturated heterocycles. The van der Waals surface area contributed by atoms with Crippen LogP contribution in [0.3, 0.4) is 0 Å². The molecule has 23 heavy (non-hydrogen) atoms. The van der Waals surface area contributed by atoms with Crippen LogP contribution < -0.4 is 10.5 Å². The van der Waals surface area contributed by atoms with Crippen molar-refractivity contribution in [3.05, 3.63) is 59.7 Å². The lowest BCUT2D eigenvalue weighted by atomic mass is 9.99. The van der Waals surface area contributed by atoms with Gasteiger partial charge in [-0.05, 0) is 54.3 Å². The Morgan fingerprint density at radius 2 is 1.65 bits per heavy atom. The molecule has 2 rings (SSSR count). The van der Waals surface area contributed by atoms with Gasteiger partial charge >= 0.3 is 0 Å². The van der Waals surface area contributed by atoms with E-state index in [9.17, 15) is 13.2 Å². The van der Waals surface area contributed by atoms with E-state index in [0.29, 0.717) is 11.6 Å². The van der Waals surface area contributed by atoms with Gasteiger partial charge in [0.2, 0.25) is 5.91 Å². The second kappa shape index (κ2) is 6.83. The molecule has 0 saturated carbocycles. The van der Waals surface area contributed by atoms with Crippen LogP contribution in [0.25, 0.3) is 0 Å². The van der Waals surface area contributed by atoms with E-state index in [1.807, 2.05) is 12.1 Å². The van der Waals surface area contributed by atoms with E-state index in [1.165, 1.54) is 29.8 Å². The smallest absolute Gasteiger partial charge is 0.261 e. The van der Waals surface area contributed by atoms with Crippen LogP contribution in [0.1, 0.15) is 42.1 Å². The molecule has 2 aromatic carbocycles. The highest BCUT2D eigenvalue weighted by atomic mass is 32.2. The van der Waals surface area contributed by atoms with Crippen LogP contribution in [0.4, 0.5) is 5.69 Å². The largest absolute Gasteiger partial charge is 0.366 e. The molecule has 0 heterocycles. The number of amides is 1. The summed E-state index contributed by atoms with van der Waals surface area (Å²) in [7, 11) is -3.70. The fraction of sp³-hybridized carbons (Fsp3) is 0.235. The molecule has 0 radical (unpaired) electrons. The molecule has 1 amide bonds. The van der Waals surface area contributed by atoms with Crippen LogP contribution >= 0.6 is 0 Å². The molecule has 6 heteroatoms. The maximum atomic E-state index is 12.3. The third-order valence-electron chi connectivity index (χ3n) is 3.79. The fourth-order valence-corrected chi connectivity index (χ4v) is 3.19. The first-order valence-electron chi connectivity index (χ1n) is 7.36. The molecule has 3 N–H and O–H groups in total. The zero-order valence-electron chi connectivity index (χ0n) is 13.1. The highest BCUT2D eigenvalue weighted by Gasteiger charge is 2.15. The number of anilines is 1. The van der Waals surface area contributed by atoms with Crippen molar-refractivity contribution in [2.75, 3.05) is 4.72 Å². The quantitative estimate of drug-likeness (QED) is 0.852. The SMILES string of the molecule is CCC(C)c1ccc(NS(=O)(=O)c2ccc(C(N)=O)cc2)cc1. The van der Waals surface area contributed by atoms with E-state index < -0.39 is 15.9 Å². The van der Waals surface area contributed by atoms with Crippen molar-refractivity contribution in [3.63, 3.8) is 0 Å². The van der Waals surface area contributed by atoms with Gasteiger partial charge in [0.05, 0.1) is 4.90 Å². The third-order valence-corrected chi connectivity index (χ3v) is 5.19. The lowest BCUT2D eigenvalue weighted by molar-refractivity contribution is 0.1000.